The van der Waals surface area contributed by atoms with Gasteiger partial charge in [0.2, 0.25) is 0 Å². The predicted octanol–water partition coefficient (Wildman–Crippen LogP) is 4.42. The molecular weight excluding hydrogens is 307 g/mol. The fourth-order valence-electron chi connectivity index (χ4n) is 2.27. The fourth-order valence-corrected chi connectivity index (χ4v) is 2.71. The van der Waals surface area contributed by atoms with Crippen LogP contribution in [0.2, 0.25) is 10.0 Å². The van der Waals surface area contributed by atoms with Crippen LogP contribution in [0.3, 0.4) is 0 Å². The predicted molar refractivity (Wildman–Crippen MR) is 87.8 cm³/mol. The average Bonchev–Trinajstić information content (AvgIpc) is 2.84. The standard InChI is InChI=1S/C16H20Cl2N2O/c1-11-12(7-9-21-11)10-20(2)8-6-15(19)13-4-3-5-14(17)16(13)18/h3-5,7,9,15H,6,8,10,19H2,1-2H3. The van der Waals surface area contributed by atoms with E-state index in [1.807, 2.05) is 25.1 Å². The van der Waals surface area contributed by atoms with Gasteiger partial charge < -0.3 is 15.1 Å². The van der Waals surface area contributed by atoms with E-state index in [0.29, 0.717) is 10.0 Å². The van der Waals surface area contributed by atoms with Crippen molar-refractivity contribution in [2.24, 2.45) is 5.73 Å². The van der Waals surface area contributed by atoms with Crippen LogP contribution < -0.4 is 5.73 Å². The van der Waals surface area contributed by atoms with Crippen LogP contribution in [0.25, 0.3) is 0 Å². The summed E-state index contributed by atoms with van der Waals surface area (Å²) in [4.78, 5) is 2.22. The lowest BCUT2D eigenvalue weighted by atomic mass is 10.0. The summed E-state index contributed by atoms with van der Waals surface area (Å²) >= 11 is 12.2. The van der Waals surface area contributed by atoms with Gasteiger partial charge in [0.15, 0.2) is 0 Å². The molecule has 1 aromatic carbocycles. The molecule has 1 heterocycles. The minimum absolute atomic E-state index is 0.121. The molecule has 2 rings (SSSR count). The highest BCUT2D eigenvalue weighted by molar-refractivity contribution is 6.42. The number of aryl methyl sites for hydroxylation is 1. The first-order valence-electron chi connectivity index (χ1n) is 6.90. The van der Waals surface area contributed by atoms with E-state index in [-0.39, 0.29) is 6.04 Å². The zero-order chi connectivity index (χ0) is 15.4. The van der Waals surface area contributed by atoms with Crippen molar-refractivity contribution < 1.29 is 4.42 Å². The number of nitrogens with two attached hydrogens (primary N) is 1. The lowest BCUT2D eigenvalue weighted by molar-refractivity contribution is 0.309. The van der Waals surface area contributed by atoms with Gasteiger partial charge in [-0.1, -0.05) is 35.3 Å². The van der Waals surface area contributed by atoms with Crippen molar-refractivity contribution in [2.45, 2.75) is 25.9 Å². The Labute approximate surface area is 135 Å². The number of rotatable bonds is 6. The van der Waals surface area contributed by atoms with Crippen molar-refractivity contribution in [1.29, 1.82) is 0 Å². The Kier molecular flexibility index (Phi) is 5.71. The Morgan fingerprint density at radius 3 is 2.71 bits per heavy atom. The lowest BCUT2D eigenvalue weighted by Crippen LogP contribution is -2.23. The number of hydrogen-bond acceptors (Lipinski definition) is 3. The maximum atomic E-state index is 6.23. The van der Waals surface area contributed by atoms with Crippen LogP contribution in [-0.2, 0) is 6.54 Å². The van der Waals surface area contributed by atoms with Crippen molar-refractivity contribution in [1.82, 2.24) is 4.90 Å². The molecule has 0 bridgehead atoms. The second-order valence-corrected chi connectivity index (χ2v) is 6.06. The number of halogens is 2. The van der Waals surface area contributed by atoms with Gasteiger partial charge in [-0.3, -0.25) is 0 Å². The van der Waals surface area contributed by atoms with Crippen LogP contribution in [0.4, 0.5) is 0 Å². The van der Waals surface area contributed by atoms with Gasteiger partial charge in [0.05, 0.1) is 16.3 Å². The van der Waals surface area contributed by atoms with E-state index in [1.165, 1.54) is 5.56 Å². The van der Waals surface area contributed by atoms with Crippen molar-refractivity contribution in [3.05, 3.63) is 57.5 Å². The molecule has 2 aromatic rings. The Morgan fingerprint density at radius 2 is 2.05 bits per heavy atom. The van der Waals surface area contributed by atoms with Crippen LogP contribution in [-0.4, -0.2) is 18.5 Å². The molecule has 0 aliphatic heterocycles. The summed E-state index contributed by atoms with van der Waals surface area (Å²) in [5.74, 6) is 0.962. The molecule has 5 heteroatoms. The first kappa shape index (κ1) is 16.4. The quantitative estimate of drug-likeness (QED) is 0.854. The molecule has 0 fully saturated rings. The fraction of sp³-hybridized carbons (Fsp3) is 0.375. The SMILES string of the molecule is Cc1occc1CN(C)CCC(N)c1cccc(Cl)c1Cl. The third kappa shape index (κ3) is 4.24. The highest BCUT2D eigenvalue weighted by Crippen LogP contribution is 2.30. The van der Waals surface area contributed by atoms with Gasteiger partial charge in [-0.15, -0.1) is 0 Å². The molecule has 0 spiro atoms. The van der Waals surface area contributed by atoms with E-state index in [9.17, 15) is 0 Å². The molecule has 1 atom stereocenters. The Hall–Kier alpha value is -1.000. The second kappa shape index (κ2) is 7.32. The number of furan rings is 1. The largest absolute Gasteiger partial charge is 0.469 e. The smallest absolute Gasteiger partial charge is 0.105 e. The minimum Gasteiger partial charge on any atom is -0.469 e. The van der Waals surface area contributed by atoms with Gasteiger partial charge in [-0.05, 0) is 44.6 Å². The van der Waals surface area contributed by atoms with Crippen molar-refractivity contribution in [3.8, 4) is 0 Å². The van der Waals surface area contributed by atoms with E-state index in [1.54, 1.807) is 12.3 Å². The number of benzene rings is 1. The summed E-state index contributed by atoms with van der Waals surface area (Å²) in [5, 5.41) is 1.10. The molecule has 0 radical (unpaired) electrons. The zero-order valence-electron chi connectivity index (χ0n) is 12.3. The Balaban J connectivity index is 1.90. The molecule has 1 unspecified atom stereocenters. The molecule has 2 N–H and O–H groups in total. The highest BCUT2D eigenvalue weighted by atomic mass is 35.5. The third-order valence-corrected chi connectivity index (χ3v) is 4.44. The van der Waals surface area contributed by atoms with E-state index >= 15 is 0 Å². The molecule has 1 aromatic heterocycles. The third-order valence-electron chi connectivity index (χ3n) is 3.61. The molecule has 0 aliphatic carbocycles. The summed E-state index contributed by atoms with van der Waals surface area (Å²) in [6, 6.07) is 7.46. The van der Waals surface area contributed by atoms with Crippen LogP contribution in [0.5, 0.6) is 0 Å². The molecule has 0 saturated heterocycles. The molecule has 3 nitrogen and oxygen atoms in total. The van der Waals surface area contributed by atoms with E-state index < -0.39 is 0 Å². The maximum Gasteiger partial charge on any atom is 0.105 e. The summed E-state index contributed by atoms with van der Waals surface area (Å²) in [7, 11) is 2.07. The number of nitrogens with zero attached hydrogens (tertiary/aromatic N) is 1. The molecule has 0 saturated carbocycles. The maximum absolute atomic E-state index is 6.23. The molecule has 21 heavy (non-hydrogen) atoms. The van der Waals surface area contributed by atoms with Gasteiger partial charge in [-0.25, -0.2) is 0 Å². The topological polar surface area (TPSA) is 42.4 Å². The van der Waals surface area contributed by atoms with Gasteiger partial charge in [-0.2, -0.15) is 0 Å². The van der Waals surface area contributed by atoms with Crippen molar-refractivity contribution in [3.63, 3.8) is 0 Å². The first-order valence-corrected chi connectivity index (χ1v) is 7.65. The van der Waals surface area contributed by atoms with Crippen LogP contribution in [0.15, 0.2) is 34.9 Å². The summed E-state index contributed by atoms with van der Waals surface area (Å²) in [5.41, 5.74) is 8.33. The van der Waals surface area contributed by atoms with Crippen LogP contribution >= 0.6 is 23.2 Å². The minimum atomic E-state index is -0.121. The Morgan fingerprint density at radius 1 is 1.29 bits per heavy atom. The molecular formula is C16H20Cl2N2O. The van der Waals surface area contributed by atoms with E-state index in [2.05, 4.69) is 11.9 Å². The molecule has 0 amide bonds. The zero-order valence-corrected chi connectivity index (χ0v) is 13.8. The van der Waals surface area contributed by atoms with Crippen molar-refractivity contribution in [2.75, 3.05) is 13.6 Å². The lowest BCUT2D eigenvalue weighted by Gasteiger charge is -2.20. The van der Waals surface area contributed by atoms with E-state index in [4.69, 9.17) is 33.4 Å². The Bertz CT molecular complexity index is 598. The van der Waals surface area contributed by atoms with Gasteiger partial charge in [0, 0.05) is 18.2 Å². The summed E-state index contributed by atoms with van der Waals surface area (Å²) in [6.07, 6.45) is 2.53. The monoisotopic (exact) mass is 326 g/mol. The van der Waals surface area contributed by atoms with E-state index in [0.717, 1.165) is 30.8 Å². The molecule has 114 valence electrons. The van der Waals surface area contributed by atoms with Crippen LogP contribution in [0.1, 0.15) is 29.3 Å². The van der Waals surface area contributed by atoms with Crippen LogP contribution in [0, 0.1) is 6.92 Å². The second-order valence-electron chi connectivity index (χ2n) is 5.28. The average molecular weight is 327 g/mol. The van der Waals surface area contributed by atoms with Gasteiger partial charge >= 0.3 is 0 Å². The first-order chi connectivity index (χ1) is 9.99. The van der Waals surface area contributed by atoms with Crippen molar-refractivity contribution >= 4 is 23.2 Å². The normalized spacial score (nSPS) is 12.9. The summed E-state index contributed by atoms with van der Waals surface area (Å²) in [6.45, 7) is 3.69. The van der Waals surface area contributed by atoms with Gasteiger partial charge in [0.1, 0.15) is 5.76 Å². The van der Waals surface area contributed by atoms with Gasteiger partial charge in [0.25, 0.3) is 0 Å². The number of hydrogen-bond donors (Lipinski definition) is 1. The molecule has 0 aliphatic rings. The highest BCUT2D eigenvalue weighted by Gasteiger charge is 2.13. The summed E-state index contributed by atoms with van der Waals surface area (Å²) < 4.78 is 5.31.